The molecule has 0 heterocycles. The molecule has 0 aliphatic carbocycles. The monoisotopic (exact) mass is 1360 g/mol. The molecule has 5 unspecified atom stereocenters. The second-order valence-electron chi connectivity index (χ2n) is 17.7. The highest BCUT2D eigenvalue weighted by Gasteiger charge is 2.39. The molecule has 0 saturated carbocycles. The van der Waals surface area contributed by atoms with E-state index in [1.165, 1.54) is 14.1 Å². The van der Waals surface area contributed by atoms with Gasteiger partial charge < -0.3 is 38.4 Å². The molecule has 0 spiro atoms. The number of thioether (sulfide) groups is 1. The Hall–Kier alpha value is -0.910. The Balaban J connectivity index is -0.000000295. The third kappa shape index (κ3) is 64.5. The molecule has 79 heavy (non-hydrogen) atoms. The van der Waals surface area contributed by atoms with Crippen LogP contribution in [0.5, 0.6) is 0 Å². The molecule has 0 fully saturated rings. The van der Waals surface area contributed by atoms with Gasteiger partial charge in [0.2, 0.25) is 9.05 Å². The van der Waals surface area contributed by atoms with E-state index in [1.807, 2.05) is 24.4 Å². The molecule has 36 heteroatoms. The number of hydrogen-bond donors (Lipinski definition) is 0. The van der Waals surface area contributed by atoms with E-state index in [0.29, 0.717) is 49.7 Å². The number of nitriles is 1. The summed E-state index contributed by atoms with van der Waals surface area (Å²) in [7, 11) is 1.47. The number of hydrogen-bond acceptors (Lipinski definition) is 15. The number of ether oxygens (including phenoxy) is 5. The minimum atomic E-state index is -4.43. The van der Waals surface area contributed by atoms with E-state index in [9.17, 15) is 96.3 Å². The summed E-state index contributed by atoms with van der Waals surface area (Å²) in [5, 5.41) is 21.8. The average Bonchev–Trinajstić information content (AvgIpc) is 3.26. The summed E-state index contributed by atoms with van der Waals surface area (Å²) < 4.78 is 268. The first kappa shape index (κ1) is 86.9. The summed E-state index contributed by atoms with van der Waals surface area (Å²) in [6.07, 6.45) is -27.4. The third-order valence-corrected chi connectivity index (χ3v) is 15.4. The van der Waals surface area contributed by atoms with Gasteiger partial charge in [0.15, 0.2) is 30.5 Å². The lowest BCUT2D eigenvalue weighted by molar-refractivity contribution is -0.840. The highest BCUT2D eigenvalue weighted by atomic mass is 79.9. The molecule has 0 aromatic heterocycles. The van der Waals surface area contributed by atoms with Crippen molar-refractivity contribution in [3.8, 4) is 5.40 Å². The minimum Gasteiger partial charge on any atom is -0.633 e. The van der Waals surface area contributed by atoms with Crippen molar-refractivity contribution in [3.63, 3.8) is 0 Å². The first-order valence-corrected chi connectivity index (χ1v) is 32.2. The van der Waals surface area contributed by atoms with Crippen LogP contribution in [0.1, 0.15) is 92.4 Å². The summed E-state index contributed by atoms with van der Waals surface area (Å²) in [5.74, 6) is -0.190. The number of thiocyanates is 1. The van der Waals surface area contributed by atoms with Gasteiger partial charge >= 0.3 is 30.9 Å². The van der Waals surface area contributed by atoms with Gasteiger partial charge in [-0.2, -0.15) is 71.1 Å². The number of alkyl halides is 16. The Morgan fingerprint density at radius 1 is 0.519 bits per heavy atom. The SMILES string of the molecule is CC(OCCCBr)C(F)(F)F.CC(OCCCS(=O)(=O)CCCCN(C)C)C(F)(F)F.CC(OCCCS(=O)(=O)CCCC[N+](C)(C)[O-])C(F)(F)F.CC(OCCCS(=O)(=O)Cl)C(F)(F)F.CC(OCCCSC#N)C(F)(F)F. The smallest absolute Gasteiger partial charge is 0.414 e. The first-order valence-electron chi connectivity index (χ1n) is 24.0. The van der Waals surface area contributed by atoms with Gasteiger partial charge in [-0.25, -0.2) is 25.3 Å². The van der Waals surface area contributed by atoms with Crippen LogP contribution in [-0.2, 0) is 52.4 Å². The number of sulfone groups is 2. The van der Waals surface area contributed by atoms with Crippen molar-refractivity contribution < 1.29 is 119 Å². The Labute approximate surface area is 473 Å². The molecule has 0 aromatic carbocycles. The fraction of sp³-hybridized carbons (Fsp3) is 0.977. The summed E-state index contributed by atoms with van der Waals surface area (Å²) in [6.45, 7) is 5.24. The summed E-state index contributed by atoms with van der Waals surface area (Å²) >= 11 is 4.10. The number of rotatable bonds is 34. The molecule has 0 radical (unpaired) electrons. The van der Waals surface area contributed by atoms with E-state index in [1.54, 1.807) is 0 Å². The van der Waals surface area contributed by atoms with E-state index in [4.69, 9.17) is 15.9 Å². The molecule has 5 atom stereocenters. The number of nitrogens with zero attached hydrogens (tertiary/aromatic N) is 3. The fourth-order valence-corrected chi connectivity index (χ4v) is 8.75. The molecule has 0 bridgehead atoms. The lowest BCUT2D eigenvalue weighted by Gasteiger charge is -2.33. The topological polar surface area (TPSA) is 199 Å². The number of halogens is 17. The summed E-state index contributed by atoms with van der Waals surface area (Å²) in [4.78, 5) is 1.97. The number of unbranched alkanes of at least 4 members (excludes halogenated alkanes) is 2. The molecular formula is C43H78BrClF15N3O12S4. The molecule has 0 rings (SSSR count). The Morgan fingerprint density at radius 3 is 1.06 bits per heavy atom. The standard InChI is InChI=1S/C12H24F3NO4S.C12H24F3NO3S.C7H10F3NOS.C6H10BrF3O.C6H10ClF3O3S/c1-11(12(13,14)15)20-8-6-10-21(18,19)9-5-4-7-16(2,3)17;1-11(12(13,14)15)19-8-6-10-20(17,18)9-5-4-7-16(2)3;1-6(7(8,9)10)12-3-2-4-13-5-11;1-5(6(8,9)10)11-4-2-3-7;1-5(6(8,9)10)13-3-2-4-14(7,11)12/h11H,4-10H2,1-3H3;11H,4-10H2,1-3H3;6H,2-4H2,1H3;5H,2-4H2,1H3;5H,2-4H2,1H3. The predicted octanol–water partition coefficient (Wildman–Crippen LogP) is 11.4. The Morgan fingerprint density at radius 2 is 0.797 bits per heavy atom. The predicted molar refractivity (Wildman–Crippen MR) is 277 cm³/mol. The lowest BCUT2D eigenvalue weighted by Crippen LogP contribution is -2.33. The van der Waals surface area contributed by atoms with Crippen LogP contribution in [0.15, 0.2) is 0 Å². The van der Waals surface area contributed by atoms with Gasteiger partial charge in [-0.05, 0) is 125 Å². The highest BCUT2D eigenvalue weighted by molar-refractivity contribution is 9.09. The maximum atomic E-state index is 12.1. The average molecular weight is 1360 g/mol. The largest absolute Gasteiger partial charge is 0.633 e. The Bertz CT molecular complexity index is 1900. The Kier molecular flexibility index (Phi) is 48.0. The van der Waals surface area contributed by atoms with Crippen molar-refractivity contribution in [2.45, 2.75) is 154 Å². The molecule has 480 valence electrons. The van der Waals surface area contributed by atoms with Crippen molar-refractivity contribution in [1.82, 2.24) is 4.90 Å². The lowest BCUT2D eigenvalue weighted by atomic mass is 10.3. The van der Waals surface area contributed by atoms with Crippen LogP contribution in [0.2, 0.25) is 0 Å². The van der Waals surface area contributed by atoms with Gasteiger partial charge in [-0.15, -0.1) is 0 Å². The van der Waals surface area contributed by atoms with Crippen molar-refractivity contribution >= 4 is 67.1 Å². The third-order valence-electron chi connectivity index (χ3n) is 9.32. The van der Waals surface area contributed by atoms with Crippen LogP contribution < -0.4 is 0 Å². The van der Waals surface area contributed by atoms with Gasteiger partial charge in [0.05, 0.1) is 49.4 Å². The molecule has 0 N–H and O–H groups in total. The zero-order chi connectivity index (χ0) is 63.2. The highest BCUT2D eigenvalue weighted by Crippen LogP contribution is 2.26. The van der Waals surface area contributed by atoms with Gasteiger partial charge in [-0.1, -0.05) is 15.9 Å². The van der Waals surface area contributed by atoms with E-state index < -0.39 is 94.8 Å². The van der Waals surface area contributed by atoms with Crippen molar-refractivity contribution in [1.29, 1.82) is 5.26 Å². The molecular weight excluding hydrogens is 1280 g/mol. The van der Waals surface area contributed by atoms with E-state index in [0.717, 1.165) is 59.3 Å². The molecule has 0 amide bonds. The van der Waals surface area contributed by atoms with Crippen molar-refractivity contribution in [3.05, 3.63) is 5.21 Å². The molecule has 0 aromatic rings. The van der Waals surface area contributed by atoms with Crippen molar-refractivity contribution in [2.75, 3.05) is 114 Å². The zero-order valence-electron chi connectivity index (χ0n) is 45.4. The van der Waals surface area contributed by atoms with Gasteiger partial charge in [-0.3, -0.25) is 0 Å². The number of hydroxylamine groups is 3. The van der Waals surface area contributed by atoms with Crippen LogP contribution >= 0.6 is 38.4 Å². The maximum Gasteiger partial charge on any atom is 0.414 e. The molecule has 0 aliphatic heterocycles. The molecule has 0 aliphatic rings. The van der Waals surface area contributed by atoms with Gasteiger partial charge in [0, 0.05) is 54.8 Å². The maximum absolute atomic E-state index is 12.1. The fourth-order valence-electron chi connectivity index (χ4n) is 4.56. The summed E-state index contributed by atoms with van der Waals surface area (Å²) in [6, 6.07) is 0. The molecule has 0 saturated heterocycles. The van der Waals surface area contributed by atoms with E-state index in [2.05, 4.69) is 39.6 Å². The van der Waals surface area contributed by atoms with Crippen LogP contribution in [-0.4, -0.2) is 210 Å². The van der Waals surface area contributed by atoms with Crippen LogP contribution in [0.4, 0.5) is 65.9 Å². The molecule has 15 nitrogen and oxygen atoms in total. The zero-order valence-corrected chi connectivity index (χ0v) is 51.1. The van der Waals surface area contributed by atoms with Crippen LogP contribution in [0, 0.1) is 15.9 Å². The van der Waals surface area contributed by atoms with Crippen LogP contribution in [0.3, 0.4) is 0 Å². The minimum absolute atomic E-state index is 0.0336. The van der Waals surface area contributed by atoms with Crippen LogP contribution in [0.25, 0.3) is 0 Å². The second kappa shape index (κ2) is 43.7. The summed E-state index contributed by atoms with van der Waals surface area (Å²) in [5.41, 5.74) is 0. The van der Waals surface area contributed by atoms with Crippen molar-refractivity contribution in [2.24, 2.45) is 0 Å². The quantitative estimate of drug-likeness (QED) is 0.0112. The first-order chi connectivity index (χ1) is 35.5. The van der Waals surface area contributed by atoms with Gasteiger partial charge in [0.1, 0.15) is 25.1 Å². The van der Waals surface area contributed by atoms with E-state index >= 15 is 0 Å². The normalized spacial score (nSPS) is 14.9. The van der Waals surface area contributed by atoms with Gasteiger partial charge in [0.25, 0.3) is 0 Å². The van der Waals surface area contributed by atoms with E-state index in [-0.39, 0.29) is 81.1 Å². The number of quaternary nitrogens is 1. The second-order valence-corrected chi connectivity index (χ2v) is 26.9.